The Labute approximate surface area is 114 Å². The third-order valence-corrected chi connectivity index (χ3v) is 2.88. The number of carbonyl (C=O) groups excluding carboxylic acids is 1. The largest absolute Gasteiger partial charge is 0.292 e. The molecule has 2 nitrogen and oxygen atoms in total. The maximum Gasteiger partial charge on any atom is 0.188 e. The van der Waals surface area contributed by atoms with Crippen LogP contribution in [0.2, 0.25) is 0 Å². The Bertz CT molecular complexity index is 660. The van der Waals surface area contributed by atoms with E-state index < -0.39 is 23.2 Å². The van der Waals surface area contributed by atoms with E-state index in [-0.39, 0.29) is 23.2 Å². The first-order chi connectivity index (χ1) is 9.38. The molecule has 2 rings (SSSR count). The molecule has 104 valence electrons. The van der Waals surface area contributed by atoms with Crippen molar-refractivity contribution >= 4 is 5.78 Å². The van der Waals surface area contributed by atoms with Gasteiger partial charge in [0.15, 0.2) is 23.2 Å². The maximum atomic E-state index is 13.6. The van der Waals surface area contributed by atoms with Crippen LogP contribution in [-0.4, -0.2) is 10.8 Å². The van der Waals surface area contributed by atoms with Crippen molar-refractivity contribution in [3.8, 4) is 0 Å². The van der Waals surface area contributed by atoms with Crippen LogP contribution in [0, 0.1) is 31.3 Å². The van der Waals surface area contributed by atoms with E-state index in [0.29, 0.717) is 5.56 Å². The monoisotopic (exact) mass is 279 g/mol. The predicted molar refractivity (Wildman–Crippen MR) is 68.1 cm³/mol. The van der Waals surface area contributed by atoms with E-state index in [9.17, 15) is 18.0 Å². The van der Waals surface area contributed by atoms with Crippen LogP contribution in [0.25, 0.3) is 0 Å². The van der Waals surface area contributed by atoms with Crippen molar-refractivity contribution in [2.45, 2.75) is 20.3 Å². The highest BCUT2D eigenvalue weighted by atomic mass is 19.2. The second kappa shape index (κ2) is 5.45. The highest BCUT2D eigenvalue weighted by molar-refractivity contribution is 5.96. The lowest BCUT2D eigenvalue weighted by molar-refractivity contribution is 0.0984. The summed E-state index contributed by atoms with van der Waals surface area (Å²) in [5, 5.41) is 0. The van der Waals surface area contributed by atoms with Crippen molar-refractivity contribution in [3.63, 3.8) is 0 Å². The summed E-state index contributed by atoms with van der Waals surface area (Å²) in [6.45, 7) is 3.06. The lowest BCUT2D eigenvalue weighted by Crippen LogP contribution is -2.10. The molecule has 5 heteroatoms. The number of ketones is 1. The predicted octanol–water partition coefficient (Wildman–Crippen LogP) is 3.54. The molecule has 1 aromatic carbocycles. The fraction of sp³-hybridized carbons (Fsp3) is 0.200. The van der Waals surface area contributed by atoms with Crippen molar-refractivity contribution in [2.75, 3.05) is 0 Å². The Morgan fingerprint density at radius 1 is 1.10 bits per heavy atom. The first-order valence-corrected chi connectivity index (χ1v) is 5.98. The van der Waals surface area contributed by atoms with Crippen LogP contribution in [0.5, 0.6) is 0 Å². The van der Waals surface area contributed by atoms with Gasteiger partial charge < -0.3 is 0 Å². The number of aromatic nitrogens is 1. The van der Waals surface area contributed by atoms with Crippen LogP contribution in [-0.2, 0) is 6.42 Å². The molecule has 0 saturated carbocycles. The molecule has 20 heavy (non-hydrogen) atoms. The zero-order valence-corrected chi connectivity index (χ0v) is 11.0. The standard InChI is InChI=1S/C15H12F3NO/c1-8-3-12(17)15(19-7-8)13(20)6-10-4-9(2)14(18)11(16)5-10/h3-5,7H,6H2,1-2H3. The van der Waals surface area contributed by atoms with Crippen LogP contribution in [0.15, 0.2) is 24.4 Å². The molecule has 2 aromatic rings. The summed E-state index contributed by atoms with van der Waals surface area (Å²) in [5.41, 5.74) is 0.694. The quantitative estimate of drug-likeness (QED) is 0.804. The fourth-order valence-corrected chi connectivity index (χ4v) is 1.91. The summed E-state index contributed by atoms with van der Waals surface area (Å²) in [6.07, 6.45) is 1.15. The van der Waals surface area contributed by atoms with Crippen molar-refractivity contribution in [1.82, 2.24) is 4.98 Å². The van der Waals surface area contributed by atoms with Gasteiger partial charge in [0.1, 0.15) is 5.69 Å². The van der Waals surface area contributed by atoms with E-state index in [1.54, 1.807) is 6.92 Å². The topological polar surface area (TPSA) is 30.0 Å². The second-order valence-corrected chi connectivity index (χ2v) is 4.65. The number of carbonyl (C=O) groups is 1. The molecule has 1 aromatic heterocycles. The van der Waals surface area contributed by atoms with Gasteiger partial charge in [-0.25, -0.2) is 18.2 Å². The highest BCUT2D eigenvalue weighted by Crippen LogP contribution is 2.16. The van der Waals surface area contributed by atoms with Crippen molar-refractivity contribution in [3.05, 3.63) is 64.2 Å². The van der Waals surface area contributed by atoms with E-state index in [2.05, 4.69) is 4.98 Å². The number of aryl methyl sites for hydroxylation is 2. The Balaban J connectivity index is 2.28. The molecule has 0 amide bonds. The summed E-state index contributed by atoms with van der Waals surface area (Å²) in [5.74, 6) is -3.26. The van der Waals surface area contributed by atoms with Gasteiger partial charge in [-0.15, -0.1) is 0 Å². The van der Waals surface area contributed by atoms with Gasteiger partial charge in [0, 0.05) is 12.6 Å². The summed E-state index contributed by atoms with van der Waals surface area (Å²) in [7, 11) is 0. The Morgan fingerprint density at radius 3 is 2.40 bits per heavy atom. The molecule has 0 bridgehead atoms. The van der Waals surface area contributed by atoms with E-state index in [1.165, 1.54) is 25.3 Å². The molecule has 0 atom stereocenters. The number of pyridine rings is 1. The summed E-state index contributed by atoms with van der Waals surface area (Å²) in [6, 6.07) is 3.51. The first-order valence-electron chi connectivity index (χ1n) is 5.98. The molecule has 0 radical (unpaired) electrons. The van der Waals surface area contributed by atoms with Gasteiger partial charge in [-0.05, 0) is 42.7 Å². The number of rotatable bonds is 3. The Hall–Kier alpha value is -2.17. The average molecular weight is 279 g/mol. The van der Waals surface area contributed by atoms with Crippen molar-refractivity contribution in [1.29, 1.82) is 0 Å². The van der Waals surface area contributed by atoms with Gasteiger partial charge in [-0.1, -0.05) is 6.07 Å². The van der Waals surface area contributed by atoms with Crippen molar-refractivity contribution < 1.29 is 18.0 Å². The van der Waals surface area contributed by atoms with Crippen LogP contribution in [0.4, 0.5) is 13.2 Å². The molecule has 0 aliphatic rings. The summed E-state index contributed by atoms with van der Waals surface area (Å²) >= 11 is 0. The van der Waals surface area contributed by atoms with Gasteiger partial charge in [-0.2, -0.15) is 0 Å². The van der Waals surface area contributed by atoms with Gasteiger partial charge in [-0.3, -0.25) is 4.79 Å². The molecule has 0 aliphatic heterocycles. The molecule has 0 unspecified atom stereocenters. The van der Waals surface area contributed by atoms with Crippen molar-refractivity contribution in [2.24, 2.45) is 0 Å². The van der Waals surface area contributed by atoms with E-state index in [4.69, 9.17) is 0 Å². The number of hydrogen-bond acceptors (Lipinski definition) is 2. The molecule has 0 spiro atoms. The lowest BCUT2D eigenvalue weighted by atomic mass is 10.0. The minimum atomic E-state index is -1.02. The van der Waals surface area contributed by atoms with E-state index >= 15 is 0 Å². The van der Waals surface area contributed by atoms with E-state index in [1.807, 2.05) is 0 Å². The lowest BCUT2D eigenvalue weighted by Gasteiger charge is -2.05. The van der Waals surface area contributed by atoms with Crippen LogP contribution >= 0.6 is 0 Å². The number of benzene rings is 1. The molecule has 0 saturated heterocycles. The van der Waals surface area contributed by atoms with Crippen LogP contribution < -0.4 is 0 Å². The minimum Gasteiger partial charge on any atom is -0.292 e. The number of nitrogens with zero attached hydrogens (tertiary/aromatic N) is 1. The second-order valence-electron chi connectivity index (χ2n) is 4.65. The minimum absolute atomic E-state index is 0.102. The number of halogens is 3. The molecule has 1 heterocycles. The third-order valence-electron chi connectivity index (χ3n) is 2.88. The molecule has 0 aliphatic carbocycles. The third kappa shape index (κ3) is 2.87. The van der Waals surface area contributed by atoms with Crippen LogP contribution in [0.1, 0.15) is 27.2 Å². The number of hydrogen-bond donors (Lipinski definition) is 0. The summed E-state index contributed by atoms with van der Waals surface area (Å²) < 4.78 is 40.0. The maximum absolute atomic E-state index is 13.6. The Morgan fingerprint density at radius 2 is 1.80 bits per heavy atom. The van der Waals surface area contributed by atoms with Gasteiger partial charge in [0.25, 0.3) is 0 Å². The number of Topliss-reactive ketones (excluding diaryl/α,β-unsaturated/α-hetero) is 1. The van der Waals surface area contributed by atoms with Gasteiger partial charge >= 0.3 is 0 Å². The zero-order chi connectivity index (χ0) is 14.9. The summed E-state index contributed by atoms with van der Waals surface area (Å²) in [4.78, 5) is 15.7. The fourth-order valence-electron chi connectivity index (χ4n) is 1.91. The van der Waals surface area contributed by atoms with Crippen LogP contribution in [0.3, 0.4) is 0 Å². The zero-order valence-electron chi connectivity index (χ0n) is 11.0. The molecular weight excluding hydrogens is 267 g/mol. The first kappa shape index (κ1) is 14.2. The highest BCUT2D eigenvalue weighted by Gasteiger charge is 2.16. The molecule has 0 N–H and O–H groups in total. The normalized spacial score (nSPS) is 10.7. The average Bonchev–Trinajstić information content (AvgIpc) is 2.35. The SMILES string of the molecule is Cc1cnc(C(=O)Cc2cc(C)c(F)c(F)c2)c(F)c1. The smallest absolute Gasteiger partial charge is 0.188 e. The molecule has 0 fully saturated rings. The molecular formula is C15H12F3NO. The van der Waals surface area contributed by atoms with E-state index in [0.717, 1.165) is 6.07 Å². The van der Waals surface area contributed by atoms with Gasteiger partial charge in [0.05, 0.1) is 0 Å². The Kier molecular flexibility index (Phi) is 3.88. The van der Waals surface area contributed by atoms with Gasteiger partial charge in [0.2, 0.25) is 0 Å².